The van der Waals surface area contributed by atoms with Crippen molar-refractivity contribution in [3.63, 3.8) is 0 Å². The first-order valence-electron chi connectivity index (χ1n) is 10.0. The molecule has 4 rings (SSSR count). The van der Waals surface area contributed by atoms with Crippen LogP contribution < -0.4 is 10.6 Å². The minimum atomic E-state index is -2.83. The molecule has 2 aromatic heterocycles. The van der Waals surface area contributed by atoms with Crippen LogP contribution in [-0.2, 0) is 0 Å². The Morgan fingerprint density at radius 2 is 1.45 bits per heavy atom. The Morgan fingerprint density at radius 3 is 1.94 bits per heavy atom. The third-order valence-corrected chi connectivity index (χ3v) is 4.84. The zero-order valence-electron chi connectivity index (χ0n) is 17.3. The fourth-order valence-electron chi connectivity index (χ4n) is 3.41. The van der Waals surface area contributed by atoms with Crippen molar-refractivity contribution in [2.75, 3.05) is 10.6 Å². The SMILES string of the molecule is CC.CC1(F)CC(Nc2nc(NC3CC(F)(F)C3)nc(-c3cncc(C(F)F)n3)n2)C1.[HH].[HH]. The van der Waals surface area contributed by atoms with Gasteiger partial charge in [0.2, 0.25) is 11.9 Å². The number of hydrogen-bond donors (Lipinski definition) is 2. The summed E-state index contributed by atoms with van der Waals surface area (Å²) in [5.41, 5.74) is -1.83. The predicted octanol–water partition coefficient (Wildman–Crippen LogP) is 5.30. The van der Waals surface area contributed by atoms with Gasteiger partial charge in [0.25, 0.3) is 12.3 Å². The number of nitrogens with one attached hydrogen (secondary N) is 2. The van der Waals surface area contributed by atoms with E-state index >= 15 is 0 Å². The highest BCUT2D eigenvalue weighted by Gasteiger charge is 2.46. The second-order valence-electron chi connectivity index (χ2n) is 7.70. The van der Waals surface area contributed by atoms with Gasteiger partial charge in [-0.25, -0.2) is 26.9 Å². The third-order valence-electron chi connectivity index (χ3n) is 4.84. The molecular formula is C19H28F5N7. The fraction of sp³-hybridized carbons (Fsp3) is 0.632. The van der Waals surface area contributed by atoms with Gasteiger partial charge in [0.05, 0.1) is 12.4 Å². The number of rotatable bonds is 6. The molecule has 2 aliphatic carbocycles. The lowest BCUT2D eigenvalue weighted by Crippen LogP contribution is -2.46. The molecule has 2 aromatic rings. The molecule has 0 unspecified atom stereocenters. The lowest BCUT2D eigenvalue weighted by atomic mass is 9.79. The van der Waals surface area contributed by atoms with Crippen LogP contribution in [0.15, 0.2) is 12.4 Å². The average molecular weight is 449 g/mol. The summed E-state index contributed by atoms with van der Waals surface area (Å²) in [6, 6.07) is -0.732. The van der Waals surface area contributed by atoms with Gasteiger partial charge in [-0.05, 0) is 6.92 Å². The van der Waals surface area contributed by atoms with Gasteiger partial charge in [0.1, 0.15) is 17.1 Å². The van der Waals surface area contributed by atoms with Gasteiger partial charge in [0, 0.05) is 40.6 Å². The summed E-state index contributed by atoms with van der Waals surface area (Å²) in [7, 11) is 0. The zero-order valence-corrected chi connectivity index (χ0v) is 17.3. The van der Waals surface area contributed by atoms with Crippen LogP contribution in [0.4, 0.5) is 33.8 Å². The van der Waals surface area contributed by atoms with Crippen molar-refractivity contribution >= 4 is 11.9 Å². The Morgan fingerprint density at radius 1 is 0.903 bits per heavy atom. The summed E-state index contributed by atoms with van der Waals surface area (Å²) in [5, 5.41) is 5.76. The normalized spacial score (nSPS) is 24.5. The molecule has 0 bridgehead atoms. The molecule has 174 valence electrons. The Labute approximate surface area is 179 Å². The van der Waals surface area contributed by atoms with Gasteiger partial charge >= 0.3 is 0 Å². The summed E-state index contributed by atoms with van der Waals surface area (Å²) in [6.45, 7) is 5.49. The highest BCUT2D eigenvalue weighted by atomic mass is 19.3. The smallest absolute Gasteiger partial charge is 0.281 e. The van der Waals surface area contributed by atoms with E-state index in [9.17, 15) is 22.0 Å². The van der Waals surface area contributed by atoms with Crippen molar-refractivity contribution in [2.45, 2.75) is 76.6 Å². The van der Waals surface area contributed by atoms with Crippen molar-refractivity contribution in [1.29, 1.82) is 0 Å². The van der Waals surface area contributed by atoms with Gasteiger partial charge in [-0.2, -0.15) is 15.0 Å². The van der Waals surface area contributed by atoms with Gasteiger partial charge in [-0.1, -0.05) is 13.8 Å². The Bertz CT molecular complexity index is 860. The molecule has 12 heteroatoms. The topological polar surface area (TPSA) is 88.5 Å². The first-order chi connectivity index (χ1) is 14.6. The quantitative estimate of drug-likeness (QED) is 0.579. The standard InChI is InChI=1S/C17H18F5N7.C2H6.2H2/c1-16(20)2-8(3-16)24-14-27-13(11-7-23-6-10(26-11)12(18)19)28-15(29-14)25-9-4-17(21,22)5-9;1-2;;/h6-9,12H,2-5H2,1H3,(H2,24,25,27,28,29);1-2H3;2*1H. The van der Waals surface area contributed by atoms with Crippen LogP contribution in [-0.4, -0.2) is 48.6 Å². The second kappa shape index (κ2) is 8.83. The highest BCUT2D eigenvalue weighted by Crippen LogP contribution is 2.39. The molecule has 31 heavy (non-hydrogen) atoms. The van der Waals surface area contributed by atoms with Crippen LogP contribution >= 0.6 is 0 Å². The van der Waals surface area contributed by atoms with E-state index in [0.717, 1.165) is 6.20 Å². The maximum absolute atomic E-state index is 13.7. The molecule has 0 radical (unpaired) electrons. The van der Waals surface area contributed by atoms with E-state index in [1.54, 1.807) is 0 Å². The molecule has 7 nitrogen and oxygen atoms in total. The summed E-state index contributed by atoms with van der Waals surface area (Å²) in [6.07, 6.45) is -0.887. The summed E-state index contributed by atoms with van der Waals surface area (Å²) >= 11 is 0. The molecule has 0 saturated heterocycles. The van der Waals surface area contributed by atoms with E-state index in [4.69, 9.17) is 0 Å². The molecule has 0 spiro atoms. The van der Waals surface area contributed by atoms with Crippen LogP contribution in [0.3, 0.4) is 0 Å². The number of nitrogens with zero attached hydrogens (tertiary/aromatic N) is 5. The van der Waals surface area contributed by atoms with Gasteiger partial charge in [-0.3, -0.25) is 4.98 Å². The maximum atomic E-state index is 13.7. The Hall–Kier alpha value is -2.66. The number of alkyl halides is 5. The van der Waals surface area contributed by atoms with E-state index in [1.165, 1.54) is 13.1 Å². The lowest BCUT2D eigenvalue weighted by Gasteiger charge is -2.39. The summed E-state index contributed by atoms with van der Waals surface area (Å²) in [5.74, 6) is -2.70. The van der Waals surface area contributed by atoms with Crippen molar-refractivity contribution in [3.05, 3.63) is 18.1 Å². The highest BCUT2D eigenvalue weighted by molar-refractivity contribution is 5.53. The molecule has 0 atom stereocenters. The van der Waals surface area contributed by atoms with Crippen LogP contribution in [0.2, 0.25) is 0 Å². The van der Waals surface area contributed by atoms with Crippen molar-refractivity contribution in [2.24, 2.45) is 0 Å². The Balaban J connectivity index is 0.00000133. The number of anilines is 2. The molecule has 2 N–H and O–H groups in total. The van der Waals surface area contributed by atoms with Gasteiger partial charge in [-0.15, -0.1) is 0 Å². The van der Waals surface area contributed by atoms with Crippen LogP contribution in [0, 0.1) is 0 Å². The monoisotopic (exact) mass is 449 g/mol. The first kappa shape index (κ1) is 23.0. The largest absolute Gasteiger partial charge is 0.351 e. The second-order valence-corrected chi connectivity index (χ2v) is 7.70. The lowest BCUT2D eigenvalue weighted by molar-refractivity contribution is -0.0794. The summed E-state index contributed by atoms with van der Waals surface area (Å²) in [4.78, 5) is 19.9. The van der Waals surface area contributed by atoms with Crippen molar-refractivity contribution in [3.8, 4) is 11.5 Å². The van der Waals surface area contributed by atoms with Crippen molar-refractivity contribution < 1.29 is 24.8 Å². The molecule has 0 aliphatic heterocycles. The number of hydrogen-bond acceptors (Lipinski definition) is 7. The number of halogens is 5. The van der Waals surface area contributed by atoms with E-state index in [0.29, 0.717) is 0 Å². The van der Waals surface area contributed by atoms with E-state index in [-0.39, 0.29) is 58.0 Å². The molecule has 2 aliphatic rings. The van der Waals surface area contributed by atoms with Gasteiger partial charge < -0.3 is 10.6 Å². The van der Waals surface area contributed by atoms with Crippen LogP contribution in [0.5, 0.6) is 0 Å². The third kappa shape index (κ3) is 5.73. The van der Waals surface area contributed by atoms with E-state index in [1.807, 2.05) is 13.8 Å². The van der Waals surface area contributed by atoms with Crippen LogP contribution in [0.1, 0.15) is 61.4 Å². The first-order valence-corrected chi connectivity index (χ1v) is 10.0. The molecule has 2 fully saturated rings. The minimum Gasteiger partial charge on any atom is -0.351 e. The van der Waals surface area contributed by atoms with Gasteiger partial charge in [0.15, 0.2) is 5.82 Å². The molecule has 0 amide bonds. The minimum absolute atomic E-state index is 0. The van der Waals surface area contributed by atoms with E-state index in [2.05, 4.69) is 35.6 Å². The van der Waals surface area contributed by atoms with Crippen LogP contribution in [0.25, 0.3) is 11.5 Å². The average Bonchev–Trinajstić information content (AvgIpc) is 2.66. The molecular weight excluding hydrogens is 421 g/mol. The number of aromatic nitrogens is 5. The maximum Gasteiger partial charge on any atom is 0.281 e. The Kier molecular flexibility index (Phi) is 6.56. The molecule has 0 aromatic carbocycles. The van der Waals surface area contributed by atoms with Crippen molar-refractivity contribution in [1.82, 2.24) is 24.9 Å². The molecule has 2 heterocycles. The molecule has 2 saturated carbocycles. The fourth-order valence-corrected chi connectivity index (χ4v) is 3.41. The predicted molar refractivity (Wildman–Crippen MR) is 109 cm³/mol. The van der Waals surface area contributed by atoms with E-state index < -0.39 is 29.8 Å². The zero-order chi connectivity index (χ0) is 22.8. The summed E-state index contributed by atoms with van der Waals surface area (Å²) < 4.78 is 65.8.